The first-order chi connectivity index (χ1) is 10.9. The van der Waals surface area contributed by atoms with Crippen LogP contribution in [0.2, 0.25) is 0 Å². The first-order valence-corrected chi connectivity index (χ1v) is 9.06. The first-order valence-electron chi connectivity index (χ1n) is 7.62. The summed E-state index contributed by atoms with van der Waals surface area (Å²) in [5.74, 6) is -1.69. The molecule has 0 saturated carbocycles. The van der Waals surface area contributed by atoms with E-state index in [1.807, 2.05) is 6.92 Å². The lowest BCUT2D eigenvalue weighted by Gasteiger charge is -2.19. The van der Waals surface area contributed by atoms with E-state index in [0.717, 1.165) is 5.56 Å². The van der Waals surface area contributed by atoms with Gasteiger partial charge < -0.3 is 4.74 Å². The van der Waals surface area contributed by atoms with Gasteiger partial charge in [0.05, 0.1) is 11.5 Å². The minimum Gasteiger partial charge on any atom is -0.465 e. The molecule has 2 rings (SSSR count). The Morgan fingerprint density at radius 1 is 1.26 bits per heavy atom. The highest BCUT2D eigenvalue weighted by atomic mass is 32.2. The van der Waals surface area contributed by atoms with Gasteiger partial charge in [-0.1, -0.05) is 17.7 Å². The largest absolute Gasteiger partial charge is 0.465 e. The average Bonchev–Trinajstić information content (AvgIpc) is 2.70. The molecule has 1 aromatic rings. The summed E-state index contributed by atoms with van der Waals surface area (Å²) in [5, 5.41) is 0. The second-order valence-corrected chi connectivity index (χ2v) is 7.46. The summed E-state index contributed by atoms with van der Waals surface area (Å²) in [5.41, 5.74) is 0.970. The fourth-order valence-corrected chi connectivity index (χ4v) is 4.00. The van der Waals surface area contributed by atoms with Gasteiger partial charge in [-0.25, -0.2) is 8.42 Å². The van der Waals surface area contributed by atoms with Gasteiger partial charge in [-0.2, -0.15) is 4.31 Å². The van der Waals surface area contributed by atoms with Crippen LogP contribution in [0.3, 0.4) is 0 Å². The van der Waals surface area contributed by atoms with E-state index >= 15 is 0 Å². The molecule has 7 heteroatoms. The number of ketones is 1. The van der Waals surface area contributed by atoms with Gasteiger partial charge in [-0.15, -0.1) is 0 Å². The monoisotopic (exact) mass is 339 g/mol. The molecule has 126 valence electrons. The van der Waals surface area contributed by atoms with Crippen LogP contribution in [0, 0.1) is 12.8 Å². The minimum absolute atomic E-state index is 0.0224. The summed E-state index contributed by atoms with van der Waals surface area (Å²) in [7, 11) is -3.66. The van der Waals surface area contributed by atoms with Crippen LogP contribution in [-0.4, -0.2) is 44.2 Å². The molecule has 0 spiro atoms. The Morgan fingerprint density at radius 2 is 1.91 bits per heavy atom. The van der Waals surface area contributed by atoms with Crippen LogP contribution in [-0.2, 0) is 24.3 Å². The van der Waals surface area contributed by atoms with Crippen LogP contribution in [0.5, 0.6) is 0 Å². The summed E-state index contributed by atoms with van der Waals surface area (Å²) >= 11 is 0. The third-order valence-corrected chi connectivity index (χ3v) is 5.81. The van der Waals surface area contributed by atoms with Gasteiger partial charge in [-0.05, 0) is 32.4 Å². The number of rotatable bonds is 4. The van der Waals surface area contributed by atoms with E-state index in [9.17, 15) is 18.0 Å². The maximum atomic E-state index is 12.7. The van der Waals surface area contributed by atoms with Crippen molar-refractivity contribution in [2.45, 2.75) is 31.6 Å². The van der Waals surface area contributed by atoms with Crippen LogP contribution in [0.15, 0.2) is 29.2 Å². The summed E-state index contributed by atoms with van der Waals surface area (Å²) in [6, 6.07) is 6.58. The van der Waals surface area contributed by atoms with Crippen LogP contribution in [0.25, 0.3) is 0 Å². The van der Waals surface area contributed by atoms with E-state index in [1.54, 1.807) is 31.2 Å². The number of aryl methyl sites for hydroxylation is 1. The molecule has 1 saturated heterocycles. The quantitative estimate of drug-likeness (QED) is 0.614. The summed E-state index contributed by atoms with van der Waals surface area (Å²) in [6.45, 7) is 3.97. The summed E-state index contributed by atoms with van der Waals surface area (Å²) in [4.78, 5) is 24.1. The van der Waals surface area contributed by atoms with Crippen molar-refractivity contribution in [3.63, 3.8) is 0 Å². The highest BCUT2D eigenvalue weighted by Gasteiger charge is 2.35. The molecule has 1 aliphatic heterocycles. The topological polar surface area (TPSA) is 80.8 Å². The van der Waals surface area contributed by atoms with Crippen molar-refractivity contribution in [3.05, 3.63) is 29.8 Å². The average molecular weight is 339 g/mol. The van der Waals surface area contributed by atoms with Crippen LogP contribution in [0.1, 0.15) is 25.3 Å². The fourth-order valence-electron chi connectivity index (χ4n) is 2.55. The molecule has 0 bridgehead atoms. The molecule has 1 fully saturated rings. The lowest BCUT2D eigenvalue weighted by Crippen LogP contribution is -2.32. The Labute approximate surface area is 136 Å². The molecule has 0 N–H and O–H groups in total. The molecule has 1 aromatic carbocycles. The lowest BCUT2D eigenvalue weighted by atomic mass is 10.00. The van der Waals surface area contributed by atoms with Crippen molar-refractivity contribution in [2.75, 3.05) is 19.7 Å². The van der Waals surface area contributed by atoms with Gasteiger partial charge in [0.1, 0.15) is 11.7 Å². The van der Waals surface area contributed by atoms with Crippen molar-refractivity contribution in [1.82, 2.24) is 4.31 Å². The molecular formula is C16H21NO5S. The van der Waals surface area contributed by atoms with Gasteiger partial charge in [-0.3, -0.25) is 9.59 Å². The molecule has 1 heterocycles. The highest BCUT2D eigenvalue weighted by Crippen LogP contribution is 2.22. The second kappa shape index (κ2) is 7.23. The molecule has 0 radical (unpaired) electrons. The van der Waals surface area contributed by atoms with Crippen molar-refractivity contribution < 1.29 is 22.7 Å². The number of esters is 1. The zero-order chi connectivity index (χ0) is 17.0. The zero-order valence-corrected chi connectivity index (χ0v) is 14.1. The predicted molar refractivity (Wildman–Crippen MR) is 84.3 cm³/mol. The Morgan fingerprint density at radius 3 is 2.52 bits per heavy atom. The van der Waals surface area contributed by atoms with E-state index in [-0.39, 0.29) is 43.2 Å². The standard InChI is InChI=1S/C16H21NO5S/c1-3-22-16(19)14-8-10-17(11-9-15(14)18)23(20,21)13-6-4-12(2)5-7-13/h4-7,14H,3,8-11H2,1-2H3. The maximum Gasteiger partial charge on any atom is 0.316 e. The smallest absolute Gasteiger partial charge is 0.316 e. The summed E-state index contributed by atoms with van der Waals surface area (Å²) < 4.78 is 31.5. The molecule has 23 heavy (non-hydrogen) atoms. The number of hydrogen-bond acceptors (Lipinski definition) is 5. The summed E-state index contributed by atoms with van der Waals surface area (Å²) in [6.07, 6.45) is 0.178. The number of carbonyl (C=O) groups excluding carboxylic acids is 2. The Bertz CT molecular complexity index is 681. The van der Waals surface area contributed by atoms with Gasteiger partial charge in [0, 0.05) is 19.5 Å². The number of sulfonamides is 1. The Balaban J connectivity index is 2.17. The molecule has 0 aliphatic carbocycles. The van der Waals surface area contributed by atoms with Gasteiger partial charge in [0.2, 0.25) is 10.0 Å². The maximum absolute atomic E-state index is 12.7. The van der Waals surface area contributed by atoms with Crippen LogP contribution < -0.4 is 0 Å². The molecule has 1 aliphatic rings. The SMILES string of the molecule is CCOC(=O)C1CCN(S(=O)(=O)c2ccc(C)cc2)CCC1=O. The van der Waals surface area contributed by atoms with E-state index in [1.165, 1.54) is 4.31 Å². The Hall–Kier alpha value is -1.73. The van der Waals surface area contributed by atoms with E-state index < -0.39 is 21.9 Å². The molecular weight excluding hydrogens is 318 g/mol. The van der Waals surface area contributed by atoms with Crippen molar-refractivity contribution in [2.24, 2.45) is 5.92 Å². The number of benzene rings is 1. The van der Waals surface area contributed by atoms with Crippen molar-refractivity contribution >= 4 is 21.8 Å². The molecule has 0 aromatic heterocycles. The second-order valence-electron chi connectivity index (χ2n) is 5.53. The number of carbonyl (C=O) groups is 2. The first kappa shape index (κ1) is 17.6. The van der Waals surface area contributed by atoms with Crippen molar-refractivity contribution in [3.8, 4) is 0 Å². The predicted octanol–water partition coefficient (Wildman–Crippen LogP) is 1.53. The number of nitrogens with zero attached hydrogens (tertiary/aromatic N) is 1. The van der Waals surface area contributed by atoms with Gasteiger partial charge in [0.25, 0.3) is 0 Å². The molecule has 6 nitrogen and oxygen atoms in total. The molecule has 1 unspecified atom stereocenters. The molecule has 0 amide bonds. The minimum atomic E-state index is -3.66. The third kappa shape index (κ3) is 3.97. The van der Waals surface area contributed by atoms with Crippen LogP contribution >= 0.6 is 0 Å². The van der Waals surface area contributed by atoms with Crippen LogP contribution in [0.4, 0.5) is 0 Å². The van der Waals surface area contributed by atoms with Gasteiger partial charge in [0.15, 0.2) is 0 Å². The number of hydrogen-bond donors (Lipinski definition) is 0. The molecule has 1 atom stereocenters. The zero-order valence-electron chi connectivity index (χ0n) is 13.3. The number of ether oxygens (including phenoxy) is 1. The number of Topliss-reactive ketones (excluding diaryl/α,β-unsaturated/α-hetero) is 1. The fraction of sp³-hybridized carbons (Fsp3) is 0.500. The lowest BCUT2D eigenvalue weighted by molar-refractivity contribution is -0.151. The van der Waals surface area contributed by atoms with E-state index in [0.29, 0.717) is 0 Å². The third-order valence-electron chi connectivity index (χ3n) is 3.89. The highest BCUT2D eigenvalue weighted by molar-refractivity contribution is 7.89. The van der Waals surface area contributed by atoms with Crippen molar-refractivity contribution in [1.29, 1.82) is 0 Å². The Kier molecular flexibility index (Phi) is 5.54. The normalized spacial score (nSPS) is 20.1. The van der Waals surface area contributed by atoms with Gasteiger partial charge >= 0.3 is 5.97 Å². The van der Waals surface area contributed by atoms with E-state index in [4.69, 9.17) is 4.74 Å². The van der Waals surface area contributed by atoms with E-state index in [2.05, 4.69) is 0 Å².